The van der Waals surface area contributed by atoms with Crippen LogP contribution in [-0.2, 0) is 0 Å². The Morgan fingerprint density at radius 3 is 1.56 bits per heavy atom. The highest BCUT2D eigenvalue weighted by Crippen LogP contribution is 2.70. The van der Waals surface area contributed by atoms with Gasteiger partial charge < -0.3 is 9.84 Å². The van der Waals surface area contributed by atoms with Crippen molar-refractivity contribution in [1.29, 1.82) is 0 Å². The van der Waals surface area contributed by atoms with E-state index in [4.69, 9.17) is 4.74 Å². The van der Waals surface area contributed by atoms with Gasteiger partial charge in [-0.25, -0.2) is 4.39 Å². The van der Waals surface area contributed by atoms with E-state index in [2.05, 4.69) is 0 Å². The molecule has 1 saturated carbocycles. The summed E-state index contributed by atoms with van der Waals surface area (Å²) in [6.45, 7) is 0. The third-order valence-electron chi connectivity index (χ3n) is 4.15. The minimum Gasteiger partial charge on any atom is -0.497 e. The van der Waals surface area contributed by atoms with Crippen LogP contribution in [0, 0.1) is 0 Å². The summed E-state index contributed by atoms with van der Waals surface area (Å²) < 4.78 is 126. The molecule has 1 aliphatic carbocycles. The number of halogens is 9. The molecule has 0 saturated heterocycles. The van der Waals surface area contributed by atoms with Crippen molar-refractivity contribution < 1.29 is 49.4 Å². The molecule has 0 bridgehead atoms. The van der Waals surface area contributed by atoms with Crippen molar-refractivity contribution in [2.75, 3.05) is 7.11 Å². The van der Waals surface area contributed by atoms with Crippen LogP contribution in [0.25, 0.3) is 0 Å². The van der Waals surface area contributed by atoms with Crippen LogP contribution in [0.5, 0.6) is 5.75 Å². The Balaban J connectivity index is 2.44. The van der Waals surface area contributed by atoms with Gasteiger partial charge in [0.15, 0.2) is 0 Å². The van der Waals surface area contributed by atoms with Crippen LogP contribution in [0.4, 0.5) is 39.5 Å². The lowest BCUT2D eigenvalue weighted by Gasteiger charge is -2.32. The molecule has 1 N–H and O–H groups in total. The number of hydrogen-bond acceptors (Lipinski definition) is 2. The second-order valence-electron chi connectivity index (χ2n) is 5.59. The van der Waals surface area contributed by atoms with E-state index in [1.165, 1.54) is 7.11 Å². The molecule has 1 fully saturated rings. The van der Waals surface area contributed by atoms with Gasteiger partial charge in [-0.3, -0.25) is 0 Å². The molecular formula is C14H11F9O2. The molecule has 0 radical (unpaired) electrons. The van der Waals surface area contributed by atoms with Crippen LogP contribution >= 0.6 is 0 Å². The monoisotopic (exact) mass is 382 g/mol. The molecule has 2 nitrogen and oxygen atoms in total. The molecule has 25 heavy (non-hydrogen) atoms. The number of ether oxygens (including phenoxy) is 1. The molecule has 0 heterocycles. The van der Waals surface area contributed by atoms with Crippen molar-refractivity contribution >= 4 is 0 Å². The van der Waals surface area contributed by atoms with E-state index >= 15 is 0 Å². The number of hydrogen-bond donors (Lipinski definition) is 1. The Morgan fingerprint density at radius 1 is 0.800 bits per heavy atom. The second-order valence-corrected chi connectivity index (χ2v) is 5.59. The predicted octanol–water partition coefficient (Wildman–Crippen LogP) is 4.38. The van der Waals surface area contributed by atoms with Crippen molar-refractivity contribution in [1.82, 2.24) is 0 Å². The summed E-state index contributed by atoms with van der Waals surface area (Å²) in [4.78, 5) is 0. The average Bonchev–Trinajstić information content (AvgIpc) is 2.57. The fourth-order valence-corrected chi connectivity index (χ4v) is 2.56. The van der Waals surface area contributed by atoms with Crippen LogP contribution in [0.2, 0.25) is 0 Å². The van der Waals surface area contributed by atoms with Gasteiger partial charge in [0.25, 0.3) is 5.67 Å². The molecule has 0 amide bonds. The van der Waals surface area contributed by atoms with Crippen molar-refractivity contribution in [3.8, 4) is 5.75 Å². The van der Waals surface area contributed by atoms with E-state index in [1.807, 2.05) is 0 Å². The maximum absolute atomic E-state index is 14.3. The maximum Gasteiger partial charge on any atom is 0.381 e. The van der Waals surface area contributed by atoms with Gasteiger partial charge in [-0.2, -0.15) is 35.1 Å². The topological polar surface area (TPSA) is 29.5 Å². The van der Waals surface area contributed by atoms with Crippen LogP contribution in [-0.4, -0.2) is 41.6 Å². The molecular weight excluding hydrogens is 371 g/mol. The molecule has 0 spiro atoms. The SMILES string of the molecule is COc1ccc(C(O)CC2(F)C(F)(F)C(F)(F)C(F)(F)C2(F)F)cc1. The molecule has 0 aliphatic heterocycles. The molecule has 11 heteroatoms. The Morgan fingerprint density at radius 2 is 1.20 bits per heavy atom. The highest BCUT2D eigenvalue weighted by Gasteiger charge is 3.00. The first-order valence-electron chi connectivity index (χ1n) is 6.69. The van der Waals surface area contributed by atoms with E-state index < -0.39 is 47.4 Å². The van der Waals surface area contributed by atoms with E-state index in [0.29, 0.717) is 0 Å². The largest absolute Gasteiger partial charge is 0.497 e. The van der Waals surface area contributed by atoms with Crippen molar-refractivity contribution in [3.05, 3.63) is 29.8 Å². The van der Waals surface area contributed by atoms with Gasteiger partial charge in [0.05, 0.1) is 13.2 Å². The van der Waals surface area contributed by atoms with E-state index in [9.17, 15) is 44.6 Å². The van der Waals surface area contributed by atoms with Gasteiger partial charge in [-0.15, -0.1) is 0 Å². The van der Waals surface area contributed by atoms with Gasteiger partial charge in [0.2, 0.25) is 0 Å². The summed E-state index contributed by atoms with van der Waals surface area (Å²) >= 11 is 0. The van der Waals surface area contributed by atoms with Gasteiger partial charge in [0, 0.05) is 6.42 Å². The Labute approximate surface area is 135 Å². The summed E-state index contributed by atoms with van der Waals surface area (Å²) in [7, 11) is 1.24. The van der Waals surface area contributed by atoms with Gasteiger partial charge in [-0.05, 0) is 17.7 Å². The molecule has 1 aromatic carbocycles. The lowest BCUT2D eigenvalue weighted by atomic mass is 9.88. The van der Waals surface area contributed by atoms with Gasteiger partial charge in [-0.1, -0.05) is 12.1 Å². The molecule has 1 atom stereocenters. The highest BCUT2D eigenvalue weighted by molar-refractivity contribution is 5.31. The number of alkyl halides is 9. The molecule has 2 rings (SSSR count). The predicted molar refractivity (Wildman–Crippen MR) is 66.2 cm³/mol. The van der Waals surface area contributed by atoms with Crippen LogP contribution < -0.4 is 4.74 Å². The first-order valence-corrected chi connectivity index (χ1v) is 6.69. The smallest absolute Gasteiger partial charge is 0.381 e. The van der Waals surface area contributed by atoms with Gasteiger partial charge in [0.1, 0.15) is 5.75 Å². The van der Waals surface area contributed by atoms with Crippen LogP contribution in [0.1, 0.15) is 18.1 Å². The number of aliphatic hydroxyl groups excluding tert-OH is 1. The lowest BCUT2D eigenvalue weighted by molar-refractivity contribution is -0.303. The zero-order valence-corrected chi connectivity index (χ0v) is 12.4. The van der Waals surface area contributed by atoms with Crippen molar-refractivity contribution in [2.45, 2.75) is 41.9 Å². The summed E-state index contributed by atoms with van der Waals surface area (Å²) in [5, 5.41) is 9.68. The number of rotatable bonds is 4. The molecule has 1 aliphatic rings. The first kappa shape index (κ1) is 19.7. The summed E-state index contributed by atoms with van der Waals surface area (Å²) in [5.74, 6) is -25.9. The second kappa shape index (κ2) is 5.42. The first-order chi connectivity index (χ1) is 11.2. The summed E-state index contributed by atoms with van der Waals surface area (Å²) in [6.07, 6.45) is -4.85. The quantitative estimate of drug-likeness (QED) is 0.784. The maximum atomic E-state index is 14.3. The minimum absolute atomic E-state index is 0.195. The highest BCUT2D eigenvalue weighted by atomic mass is 19.4. The number of aliphatic hydroxyl groups is 1. The average molecular weight is 382 g/mol. The fraction of sp³-hybridized carbons (Fsp3) is 0.571. The Bertz CT molecular complexity index is 616. The summed E-state index contributed by atoms with van der Waals surface area (Å²) in [5.41, 5.74) is -6.10. The van der Waals surface area contributed by atoms with E-state index in [0.717, 1.165) is 24.3 Å². The zero-order valence-electron chi connectivity index (χ0n) is 12.4. The third kappa shape index (κ3) is 2.24. The fourth-order valence-electron chi connectivity index (χ4n) is 2.56. The number of methoxy groups -OCH3 is 1. The Kier molecular flexibility index (Phi) is 4.27. The van der Waals surface area contributed by atoms with Crippen LogP contribution in [0.3, 0.4) is 0 Å². The number of benzene rings is 1. The van der Waals surface area contributed by atoms with Crippen molar-refractivity contribution in [3.63, 3.8) is 0 Å². The molecule has 1 aromatic rings. The molecule has 0 aromatic heterocycles. The molecule has 1 unspecified atom stereocenters. The lowest BCUT2D eigenvalue weighted by Crippen LogP contribution is -2.55. The molecule has 142 valence electrons. The summed E-state index contributed by atoms with van der Waals surface area (Å²) in [6, 6.07) is 4.18. The van der Waals surface area contributed by atoms with Crippen molar-refractivity contribution in [2.24, 2.45) is 0 Å². The van der Waals surface area contributed by atoms with Gasteiger partial charge >= 0.3 is 23.7 Å². The Hall–Kier alpha value is -1.65. The van der Waals surface area contributed by atoms with E-state index in [-0.39, 0.29) is 5.75 Å². The standard InChI is InChI=1S/C14H11F9O2/c1-25-8-4-2-7(3-5-8)9(24)6-10(15)11(16,17)13(20,21)14(22,23)12(10,18)19/h2-5,9,24H,6H2,1H3. The van der Waals surface area contributed by atoms with Crippen LogP contribution in [0.15, 0.2) is 24.3 Å². The normalized spacial score (nSPS) is 26.2. The van der Waals surface area contributed by atoms with E-state index in [1.54, 1.807) is 0 Å². The minimum atomic E-state index is -6.64. The third-order valence-corrected chi connectivity index (χ3v) is 4.15. The zero-order chi connectivity index (χ0) is 19.5.